The predicted molar refractivity (Wildman–Crippen MR) is 150 cm³/mol. The molecule has 0 aliphatic carbocycles. The molecule has 7 aromatic rings. The lowest BCUT2D eigenvalue weighted by Crippen LogP contribution is -2.30. The van der Waals surface area contributed by atoms with Gasteiger partial charge in [-0.1, -0.05) is 60.7 Å². The van der Waals surface area contributed by atoms with E-state index in [1.165, 1.54) is 10.8 Å². The highest BCUT2D eigenvalue weighted by Gasteiger charge is 2.23. The second-order valence-electron chi connectivity index (χ2n) is 9.60. The van der Waals surface area contributed by atoms with Crippen LogP contribution in [0.5, 0.6) is 0 Å². The maximum atomic E-state index is 10.2. The minimum atomic E-state index is 0.607. The van der Waals surface area contributed by atoms with Crippen LogP contribution in [0.3, 0.4) is 0 Å². The van der Waals surface area contributed by atoms with Gasteiger partial charge in [-0.05, 0) is 63.9 Å². The van der Waals surface area contributed by atoms with Crippen LogP contribution in [0.25, 0.3) is 65.9 Å². The summed E-state index contributed by atoms with van der Waals surface area (Å²) in [7, 11) is 2.05. The number of pyridine rings is 1. The number of hydrogen-bond acceptors (Lipinski definition) is 2. The number of hydrogen-bond donors (Lipinski definition) is 0. The van der Waals surface area contributed by atoms with Gasteiger partial charge in [-0.15, -0.1) is 0 Å². The normalized spacial score (nSPS) is 11.5. The van der Waals surface area contributed by atoms with Gasteiger partial charge in [0.2, 0.25) is 5.69 Å². The molecule has 3 heteroatoms. The number of fused-ring (bicyclic) bond motifs is 6. The van der Waals surface area contributed by atoms with Crippen molar-refractivity contribution in [2.24, 2.45) is 7.05 Å². The van der Waals surface area contributed by atoms with Crippen molar-refractivity contribution >= 4 is 43.5 Å². The van der Waals surface area contributed by atoms with E-state index in [0.717, 1.165) is 60.7 Å². The zero-order valence-corrected chi connectivity index (χ0v) is 20.6. The van der Waals surface area contributed by atoms with Crippen molar-refractivity contribution in [3.63, 3.8) is 0 Å². The third-order valence-electron chi connectivity index (χ3n) is 7.49. The summed E-state index contributed by atoms with van der Waals surface area (Å²) in [6, 6.07) is 35.9. The van der Waals surface area contributed by atoms with Crippen molar-refractivity contribution in [2.75, 3.05) is 0 Å². The van der Waals surface area contributed by atoms with Crippen LogP contribution in [0.4, 0.5) is 0 Å². The van der Waals surface area contributed by atoms with Crippen LogP contribution < -0.4 is 4.57 Å². The summed E-state index contributed by atoms with van der Waals surface area (Å²) in [5, 5.41) is 16.9. The Hall–Kier alpha value is -4.94. The molecule has 0 amide bonds. The first-order chi connectivity index (χ1) is 18.2. The first-order valence-corrected chi connectivity index (χ1v) is 12.4. The Morgan fingerprint density at radius 2 is 1.35 bits per heavy atom. The Labute approximate surface area is 214 Å². The maximum absolute atomic E-state index is 10.2. The van der Waals surface area contributed by atoms with Gasteiger partial charge < -0.3 is 4.42 Å². The highest BCUT2D eigenvalue weighted by atomic mass is 16.3. The van der Waals surface area contributed by atoms with E-state index in [-0.39, 0.29) is 0 Å². The lowest BCUT2D eigenvalue weighted by molar-refractivity contribution is -0.660. The molecule has 5 aromatic carbocycles. The molecular weight excluding hydrogens is 452 g/mol. The zero-order chi connectivity index (χ0) is 25.1. The number of aromatic nitrogens is 1. The van der Waals surface area contributed by atoms with E-state index in [1.54, 1.807) is 0 Å². The van der Waals surface area contributed by atoms with Gasteiger partial charge in [0.15, 0.2) is 6.20 Å². The Morgan fingerprint density at radius 1 is 0.676 bits per heavy atom. The largest absolute Gasteiger partial charge is 0.454 e. The summed E-state index contributed by atoms with van der Waals surface area (Å²) < 4.78 is 8.92. The van der Waals surface area contributed by atoms with Gasteiger partial charge in [0.1, 0.15) is 18.2 Å². The van der Waals surface area contributed by atoms with Crippen LogP contribution in [0.2, 0.25) is 0 Å². The van der Waals surface area contributed by atoms with Crippen LogP contribution in [0.1, 0.15) is 11.1 Å². The lowest BCUT2D eigenvalue weighted by Gasteiger charge is -2.12. The second kappa shape index (κ2) is 8.05. The van der Waals surface area contributed by atoms with Crippen molar-refractivity contribution in [1.82, 2.24) is 0 Å². The lowest BCUT2D eigenvalue weighted by atomic mass is 9.90. The number of aryl methyl sites for hydroxylation is 2. The highest BCUT2D eigenvalue weighted by molar-refractivity contribution is 6.19. The maximum Gasteiger partial charge on any atom is 0.216 e. The molecule has 2 aromatic heterocycles. The number of nitriles is 1. The Balaban J connectivity index is 1.65. The summed E-state index contributed by atoms with van der Waals surface area (Å²) in [6.07, 6.45) is 2.05. The molecule has 0 saturated heterocycles. The van der Waals surface area contributed by atoms with Crippen molar-refractivity contribution in [1.29, 1.82) is 5.26 Å². The topological polar surface area (TPSA) is 40.8 Å². The Kier molecular flexibility index (Phi) is 4.64. The number of nitrogens with zero attached hydrogens (tertiary/aromatic N) is 2. The van der Waals surface area contributed by atoms with Crippen molar-refractivity contribution in [3.05, 3.63) is 114 Å². The molecular formula is C34H23N2O+. The molecule has 3 nitrogen and oxygen atoms in total. The molecule has 2 heterocycles. The van der Waals surface area contributed by atoms with E-state index < -0.39 is 0 Å². The first-order valence-electron chi connectivity index (χ1n) is 12.4. The molecule has 0 N–H and O–H groups in total. The highest BCUT2D eigenvalue weighted by Crippen LogP contribution is 2.44. The third kappa shape index (κ3) is 3.09. The fraction of sp³-hybridized carbons (Fsp3) is 0.0588. The van der Waals surface area contributed by atoms with Crippen LogP contribution in [-0.4, -0.2) is 0 Å². The second-order valence-corrected chi connectivity index (χ2v) is 9.60. The summed E-state index contributed by atoms with van der Waals surface area (Å²) >= 11 is 0. The average Bonchev–Trinajstić information content (AvgIpc) is 3.31. The van der Waals surface area contributed by atoms with Gasteiger partial charge in [-0.2, -0.15) is 5.26 Å². The van der Waals surface area contributed by atoms with E-state index in [1.807, 2.05) is 18.2 Å². The molecule has 0 aliphatic heterocycles. The molecule has 0 bridgehead atoms. The summed E-state index contributed by atoms with van der Waals surface area (Å²) in [6.45, 7) is 2.12. The van der Waals surface area contributed by atoms with Gasteiger partial charge in [0.05, 0.1) is 17.2 Å². The zero-order valence-electron chi connectivity index (χ0n) is 20.6. The fourth-order valence-corrected chi connectivity index (χ4v) is 5.73. The summed E-state index contributed by atoms with van der Waals surface area (Å²) in [5.41, 5.74) is 7.37. The van der Waals surface area contributed by atoms with Crippen molar-refractivity contribution in [3.8, 4) is 28.5 Å². The quantitative estimate of drug-likeness (QED) is 0.187. The van der Waals surface area contributed by atoms with Gasteiger partial charge in [-0.25, -0.2) is 4.57 Å². The standard InChI is InChI=1S/C34H23N2O/c1-21-14-16-27-28-17-15-23(20-35)32(34(28)37-33(27)31(21)30-13-7-8-18-36(30)2)29-19-22-9-3-4-10-24(22)25-11-5-6-12-26(25)29/h3-19H,1-2H3/q+1. The van der Waals surface area contributed by atoms with Crippen LogP contribution in [0, 0.1) is 18.3 Å². The van der Waals surface area contributed by atoms with Crippen LogP contribution >= 0.6 is 0 Å². The molecule has 174 valence electrons. The number of furan rings is 1. The van der Waals surface area contributed by atoms with E-state index in [0.29, 0.717) is 5.56 Å². The van der Waals surface area contributed by atoms with Gasteiger partial charge >= 0.3 is 0 Å². The van der Waals surface area contributed by atoms with Crippen LogP contribution in [-0.2, 0) is 7.05 Å². The van der Waals surface area contributed by atoms with Crippen LogP contribution in [0.15, 0.2) is 108 Å². The molecule has 0 aliphatic rings. The van der Waals surface area contributed by atoms with Gasteiger partial charge in [0, 0.05) is 28.5 Å². The fourth-order valence-electron chi connectivity index (χ4n) is 5.73. The molecule has 0 fully saturated rings. The molecule has 0 unspecified atom stereocenters. The molecule has 0 atom stereocenters. The van der Waals surface area contributed by atoms with E-state index in [4.69, 9.17) is 4.42 Å². The average molecular weight is 476 g/mol. The molecule has 0 spiro atoms. The molecule has 0 saturated carbocycles. The van der Waals surface area contributed by atoms with Gasteiger partial charge in [0.25, 0.3) is 0 Å². The number of benzene rings is 5. The first kappa shape index (κ1) is 21.4. The molecule has 7 rings (SSSR count). The predicted octanol–water partition coefficient (Wildman–Crippen LogP) is 8.23. The van der Waals surface area contributed by atoms with Crippen molar-refractivity contribution in [2.45, 2.75) is 6.92 Å². The monoisotopic (exact) mass is 475 g/mol. The van der Waals surface area contributed by atoms with E-state index in [2.05, 4.69) is 110 Å². The van der Waals surface area contributed by atoms with E-state index >= 15 is 0 Å². The molecule has 0 radical (unpaired) electrons. The Bertz CT molecular complexity index is 2070. The van der Waals surface area contributed by atoms with Crippen molar-refractivity contribution < 1.29 is 8.98 Å². The minimum Gasteiger partial charge on any atom is -0.454 e. The molecule has 37 heavy (non-hydrogen) atoms. The number of rotatable bonds is 2. The smallest absolute Gasteiger partial charge is 0.216 e. The summed E-state index contributed by atoms with van der Waals surface area (Å²) in [5.74, 6) is 0. The third-order valence-corrected chi connectivity index (χ3v) is 7.49. The van der Waals surface area contributed by atoms with E-state index in [9.17, 15) is 5.26 Å². The Morgan fingerprint density at radius 3 is 2.14 bits per heavy atom. The van der Waals surface area contributed by atoms with Gasteiger partial charge in [-0.3, -0.25) is 0 Å². The minimum absolute atomic E-state index is 0.607. The summed E-state index contributed by atoms with van der Waals surface area (Å²) in [4.78, 5) is 0. The SMILES string of the molecule is Cc1ccc2c(oc3c(-c4cc5ccccc5c5ccccc45)c(C#N)ccc32)c1-c1cccc[n+]1C.